The van der Waals surface area contributed by atoms with E-state index in [-0.39, 0.29) is 30.4 Å². The molecule has 2 amide bonds. The SMILES string of the molecule is C=CCOC(=O)[C@H]1[C@H]2C(=O)N([C@@H](CO)Cc3ccccc3)C(C(=O)N(CC=C)C(C)(C)CC(C)(C)C)C23CC[C@]1(C)S3. The highest BCUT2D eigenvalue weighted by Gasteiger charge is 2.78. The van der Waals surface area contributed by atoms with Crippen LogP contribution >= 0.6 is 11.8 Å². The molecule has 4 rings (SSSR count). The second-order valence-electron chi connectivity index (χ2n) is 14.2. The zero-order valence-electron chi connectivity index (χ0n) is 26.1. The summed E-state index contributed by atoms with van der Waals surface area (Å²) < 4.78 is 4.23. The number of esters is 1. The van der Waals surface area contributed by atoms with Gasteiger partial charge in [-0.05, 0) is 57.4 Å². The minimum absolute atomic E-state index is 0.0514. The zero-order chi connectivity index (χ0) is 31.1. The Hall–Kier alpha value is -2.58. The molecule has 6 atom stereocenters. The standard InChI is InChI=1S/C34H48N2O5S/c1-9-18-35(32(6,7)22-31(3,4)5)29(39)27-34-17-16-33(8,42-34)26(30(40)41-19-10-2)25(34)28(38)36(27)24(21-37)20-23-14-12-11-13-15-23/h9-15,24-27,37H,1-2,16-22H2,3-8H3/t24-,25+,26-,27?,33+,34?/m1/s1. The third-order valence-electron chi connectivity index (χ3n) is 9.24. The quantitative estimate of drug-likeness (QED) is 0.269. The number of thioether (sulfide) groups is 1. The van der Waals surface area contributed by atoms with Crippen LogP contribution in [-0.2, 0) is 25.5 Å². The van der Waals surface area contributed by atoms with E-state index in [9.17, 15) is 14.7 Å². The number of aliphatic hydroxyl groups excluding tert-OH is 1. The largest absolute Gasteiger partial charge is 0.461 e. The van der Waals surface area contributed by atoms with Crippen LogP contribution in [0.25, 0.3) is 0 Å². The second-order valence-corrected chi connectivity index (χ2v) is 16.1. The lowest BCUT2D eigenvalue weighted by molar-refractivity contribution is -0.155. The normalized spacial score (nSPS) is 29.3. The molecule has 1 aromatic carbocycles. The number of likely N-dealkylation sites (tertiary alicyclic amines) is 1. The van der Waals surface area contributed by atoms with E-state index in [2.05, 4.69) is 47.8 Å². The maximum absolute atomic E-state index is 15.0. The van der Waals surface area contributed by atoms with Gasteiger partial charge in [0.25, 0.3) is 0 Å². The molecule has 2 bridgehead atoms. The van der Waals surface area contributed by atoms with Crippen molar-refractivity contribution in [3.63, 3.8) is 0 Å². The maximum atomic E-state index is 15.0. The van der Waals surface area contributed by atoms with Gasteiger partial charge in [0.05, 0.1) is 29.2 Å². The van der Waals surface area contributed by atoms with E-state index < -0.39 is 44.9 Å². The van der Waals surface area contributed by atoms with Crippen molar-refractivity contribution in [3.8, 4) is 0 Å². The molecule has 0 saturated carbocycles. The third kappa shape index (κ3) is 5.69. The summed E-state index contributed by atoms with van der Waals surface area (Å²) in [4.78, 5) is 46.7. The van der Waals surface area contributed by atoms with Gasteiger partial charge in [-0.25, -0.2) is 0 Å². The minimum atomic E-state index is -0.834. The molecular formula is C34H48N2O5S. The Morgan fingerprint density at radius 3 is 2.40 bits per heavy atom. The Kier molecular flexibility index (Phi) is 9.11. The van der Waals surface area contributed by atoms with Crippen LogP contribution in [0.15, 0.2) is 55.6 Å². The van der Waals surface area contributed by atoms with Crippen molar-refractivity contribution in [1.29, 1.82) is 0 Å². The van der Waals surface area contributed by atoms with Crippen molar-refractivity contribution >= 4 is 29.5 Å². The number of amides is 2. The number of carbonyl (C=O) groups is 3. The summed E-state index contributed by atoms with van der Waals surface area (Å²) in [6.45, 7) is 20.4. The summed E-state index contributed by atoms with van der Waals surface area (Å²) in [6, 6.07) is 8.25. The van der Waals surface area contributed by atoms with E-state index in [1.54, 1.807) is 22.7 Å². The zero-order valence-corrected chi connectivity index (χ0v) is 26.9. The summed E-state index contributed by atoms with van der Waals surface area (Å²) >= 11 is 1.62. The average molecular weight is 597 g/mol. The first-order valence-electron chi connectivity index (χ1n) is 15.0. The number of hydrogen-bond donors (Lipinski definition) is 1. The number of hydrogen-bond acceptors (Lipinski definition) is 6. The first kappa shape index (κ1) is 32.3. The monoisotopic (exact) mass is 596 g/mol. The van der Waals surface area contributed by atoms with Crippen molar-refractivity contribution in [3.05, 3.63) is 61.2 Å². The molecule has 3 aliphatic heterocycles. The van der Waals surface area contributed by atoms with Crippen LogP contribution < -0.4 is 0 Å². The molecule has 3 fully saturated rings. The van der Waals surface area contributed by atoms with Crippen molar-refractivity contribution in [2.45, 2.75) is 94.3 Å². The Bertz CT molecular complexity index is 1210. The number of rotatable bonds is 12. The van der Waals surface area contributed by atoms with Gasteiger partial charge in [-0.1, -0.05) is 69.8 Å². The van der Waals surface area contributed by atoms with Crippen molar-refractivity contribution in [2.75, 3.05) is 19.8 Å². The number of carbonyl (C=O) groups excluding carboxylic acids is 3. The van der Waals surface area contributed by atoms with E-state index in [0.29, 0.717) is 25.8 Å². The third-order valence-corrected chi connectivity index (χ3v) is 11.2. The topological polar surface area (TPSA) is 87.1 Å². The van der Waals surface area contributed by atoms with Gasteiger partial charge in [0.1, 0.15) is 12.6 Å². The van der Waals surface area contributed by atoms with Crippen LogP contribution in [0.2, 0.25) is 0 Å². The number of aliphatic hydroxyl groups is 1. The van der Waals surface area contributed by atoms with Gasteiger partial charge in [-0.2, -0.15) is 0 Å². The number of benzene rings is 1. The molecule has 3 saturated heterocycles. The van der Waals surface area contributed by atoms with E-state index in [0.717, 1.165) is 12.0 Å². The summed E-state index contributed by atoms with van der Waals surface area (Å²) in [5.74, 6) is -2.21. The Labute approximate surface area is 255 Å². The molecule has 2 unspecified atom stereocenters. The van der Waals surface area contributed by atoms with Crippen LogP contribution in [0.3, 0.4) is 0 Å². The highest BCUT2D eigenvalue weighted by atomic mass is 32.2. The Morgan fingerprint density at radius 2 is 1.83 bits per heavy atom. The molecule has 1 N–H and O–H groups in total. The van der Waals surface area contributed by atoms with Gasteiger partial charge in [0, 0.05) is 16.8 Å². The molecule has 1 aromatic rings. The molecule has 8 heteroatoms. The molecular weight excluding hydrogens is 548 g/mol. The highest BCUT2D eigenvalue weighted by molar-refractivity contribution is 8.02. The first-order valence-corrected chi connectivity index (χ1v) is 15.8. The van der Waals surface area contributed by atoms with Crippen LogP contribution in [0.4, 0.5) is 0 Å². The molecule has 7 nitrogen and oxygen atoms in total. The fraction of sp³-hybridized carbons (Fsp3) is 0.618. The summed E-state index contributed by atoms with van der Waals surface area (Å²) in [5.41, 5.74) is 0.380. The molecule has 0 radical (unpaired) electrons. The minimum Gasteiger partial charge on any atom is -0.461 e. The van der Waals surface area contributed by atoms with Crippen molar-refractivity contribution < 1.29 is 24.2 Å². The van der Waals surface area contributed by atoms with Gasteiger partial charge in [0.2, 0.25) is 11.8 Å². The Morgan fingerprint density at radius 1 is 1.17 bits per heavy atom. The molecule has 3 heterocycles. The van der Waals surface area contributed by atoms with Gasteiger partial charge in [0.15, 0.2) is 0 Å². The first-order chi connectivity index (χ1) is 19.7. The van der Waals surface area contributed by atoms with E-state index in [4.69, 9.17) is 4.74 Å². The molecule has 0 aromatic heterocycles. The lowest BCUT2D eigenvalue weighted by Gasteiger charge is -2.46. The molecule has 1 spiro atoms. The van der Waals surface area contributed by atoms with Gasteiger partial charge < -0.3 is 19.6 Å². The van der Waals surface area contributed by atoms with Gasteiger partial charge >= 0.3 is 5.97 Å². The maximum Gasteiger partial charge on any atom is 0.311 e. The predicted molar refractivity (Wildman–Crippen MR) is 168 cm³/mol. The van der Waals surface area contributed by atoms with Crippen molar-refractivity contribution in [1.82, 2.24) is 9.80 Å². The van der Waals surface area contributed by atoms with E-state index >= 15 is 4.79 Å². The highest BCUT2D eigenvalue weighted by Crippen LogP contribution is 2.72. The van der Waals surface area contributed by atoms with E-state index in [1.165, 1.54) is 6.08 Å². The van der Waals surface area contributed by atoms with Gasteiger partial charge in [-0.3, -0.25) is 14.4 Å². The summed E-state index contributed by atoms with van der Waals surface area (Å²) in [7, 11) is 0. The molecule has 0 aliphatic carbocycles. The lowest BCUT2D eigenvalue weighted by Crippen LogP contribution is -2.61. The smallest absolute Gasteiger partial charge is 0.311 e. The number of nitrogens with zero attached hydrogens (tertiary/aromatic N) is 2. The van der Waals surface area contributed by atoms with Crippen molar-refractivity contribution in [2.24, 2.45) is 17.3 Å². The molecule has 42 heavy (non-hydrogen) atoms. The molecule has 230 valence electrons. The summed E-state index contributed by atoms with van der Waals surface area (Å²) in [5, 5.41) is 10.7. The predicted octanol–water partition coefficient (Wildman–Crippen LogP) is 5.03. The van der Waals surface area contributed by atoms with Crippen LogP contribution in [0, 0.1) is 17.3 Å². The average Bonchev–Trinajstić information content (AvgIpc) is 3.48. The molecule has 3 aliphatic rings. The van der Waals surface area contributed by atoms with Crippen LogP contribution in [0.5, 0.6) is 0 Å². The van der Waals surface area contributed by atoms with Gasteiger partial charge in [-0.15, -0.1) is 18.3 Å². The fourth-order valence-corrected chi connectivity index (χ4v) is 10.4. The van der Waals surface area contributed by atoms with Crippen LogP contribution in [0.1, 0.15) is 66.4 Å². The summed E-state index contributed by atoms with van der Waals surface area (Å²) in [6.07, 6.45) is 5.73. The fourth-order valence-electron chi connectivity index (χ4n) is 8.07. The lowest BCUT2D eigenvalue weighted by atomic mass is 9.66. The van der Waals surface area contributed by atoms with Crippen LogP contribution in [-0.4, -0.2) is 79.6 Å². The number of fused-ring (bicyclic) bond motifs is 1. The van der Waals surface area contributed by atoms with E-state index in [1.807, 2.05) is 42.2 Å². The Balaban J connectivity index is 1.85. The second kappa shape index (κ2) is 11.8. The number of ether oxygens (including phenoxy) is 1.